The number of anilines is 1. The van der Waals surface area contributed by atoms with Crippen LogP contribution in [0.5, 0.6) is 17.5 Å². The van der Waals surface area contributed by atoms with Crippen molar-refractivity contribution < 1.29 is 9.47 Å². The maximum absolute atomic E-state index is 6.40. The summed E-state index contributed by atoms with van der Waals surface area (Å²) in [5.41, 5.74) is 10.9. The van der Waals surface area contributed by atoms with Gasteiger partial charge in [0.05, 0.1) is 13.2 Å². The van der Waals surface area contributed by atoms with Crippen LogP contribution in [0.2, 0.25) is 0 Å². The van der Waals surface area contributed by atoms with Gasteiger partial charge in [0.15, 0.2) is 17.0 Å². The van der Waals surface area contributed by atoms with Crippen LogP contribution in [0.15, 0.2) is 54.6 Å². The quantitative estimate of drug-likeness (QED) is 0.398. The summed E-state index contributed by atoms with van der Waals surface area (Å²) in [5, 5.41) is 3.57. The molecule has 1 saturated carbocycles. The lowest BCUT2D eigenvalue weighted by Crippen LogP contribution is -2.15. The number of rotatable bonds is 5. The first-order chi connectivity index (χ1) is 17.6. The van der Waals surface area contributed by atoms with E-state index >= 15 is 0 Å². The number of hydrogen-bond acceptors (Lipinski definition) is 7. The molecule has 184 valence electrons. The highest BCUT2D eigenvalue weighted by Gasteiger charge is 2.20. The van der Waals surface area contributed by atoms with Gasteiger partial charge in [-0.15, -0.1) is 0 Å². The summed E-state index contributed by atoms with van der Waals surface area (Å²) in [6, 6.07) is 15.7. The van der Waals surface area contributed by atoms with Crippen molar-refractivity contribution in [2.75, 3.05) is 12.3 Å². The number of imidazole rings is 1. The van der Waals surface area contributed by atoms with Crippen molar-refractivity contribution >= 4 is 17.0 Å². The van der Waals surface area contributed by atoms with E-state index in [-0.39, 0.29) is 6.01 Å². The SMILES string of the molecule is Cc1nc2c(N)nc3nc2n1Cc1ccc(Oc2cccc(CNC4CC4)c2)c(c1)C/C=C\CCO3. The Morgan fingerprint density at radius 1 is 1.11 bits per heavy atom. The second-order valence-electron chi connectivity index (χ2n) is 9.47. The molecule has 3 heterocycles. The Morgan fingerprint density at radius 3 is 2.92 bits per heavy atom. The van der Waals surface area contributed by atoms with E-state index in [0.717, 1.165) is 47.8 Å². The molecule has 2 aliphatic rings. The molecule has 4 aromatic rings. The lowest BCUT2D eigenvalue weighted by atomic mass is 10.1. The predicted molar refractivity (Wildman–Crippen MR) is 139 cm³/mol. The third-order valence-corrected chi connectivity index (χ3v) is 6.58. The van der Waals surface area contributed by atoms with Crippen LogP contribution < -0.4 is 20.5 Å². The predicted octanol–water partition coefficient (Wildman–Crippen LogP) is 4.69. The highest BCUT2D eigenvalue weighted by Crippen LogP contribution is 2.30. The zero-order chi connectivity index (χ0) is 24.5. The van der Waals surface area contributed by atoms with Crippen LogP contribution in [0.1, 0.15) is 41.8 Å². The largest absolute Gasteiger partial charge is 0.463 e. The Morgan fingerprint density at radius 2 is 2.03 bits per heavy atom. The standard InChI is InChI=1S/C28H30N6O2/c1-18-31-25-26(29)32-28-33-27(25)34(18)17-20-9-12-24(21(14-20)7-3-2-4-13-35-28)36-23-8-5-6-19(15-23)16-30-22-10-11-22/h2-3,5-6,8-9,12,14-15,22,30H,4,7,10-11,13,16-17H2,1H3,(H2,29,32,33)/b3-2-. The van der Waals surface area contributed by atoms with E-state index in [0.29, 0.717) is 36.2 Å². The fourth-order valence-electron chi connectivity index (χ4n) is 4.48. The summed E-state index contributed by atoms with van der Waals surface area (Å²) < 4.78 is 14.2. The summed E-state index contributed by atoms with van der Waals surface area (Å²) in [5.74, 6) is 2.87. The van der Waals surface area contributed by atoms with Crippen LogP contribution in [0, 0.1) is 6.92 Å². The fraction of sp³-hybridized carbons (Fsp3) is 0.321. The Kier molecular flexibility index (Phi) is 6.03. The van der Waals surface area contributed by atoms with Gasteiger partial charge in [-0.25, -0.2) is 4.98 Å². The van der Waals surface area contributed by atoms with E-state index in [9.17, 15) is 0 Å². The molecule has 2 aromatic carbocycles. The molecule has 3 N–H and O–H groups in total. The topological polar surface area (TPSA) is 100 Å². The molecule has 6 rings (SSSR count). The third-order valence-electron chi connectivity index (χ3n) is 6.58. The molecule has 4 bridgehead atoms. The number of nitrogens with two attached hydrogens (primary N) is 1. The van der Waals surface area contributed by atoms with Crippen LogP contribution in [0.25, 0.3) is 11.2 Å². The van der Waals surface area contributed by atoms with Gasteiger partial charge in [-0.3, -0.25) is 0 Å². The van der Waals surface area contributed by atoms with Gasteiger partial charge in [-0.1, -0.05) is 30.4 Å². The number of nitrogens with one attached hydrogen (secondary N) is 1. The Hall–Kier alpha value is -3.91. The number of hydrogen-bond donors (Lipinski definition) is 2. The molecule has 36 heavy (non-hydrogen) atoms. The third kappa shape index (κ3) is 4.90. The molecule has 1 aliphatic carbocycles. The lowest BCUT2D eigenvalue weighted by Gasteiger charge is -2.15. The van der Waals surface area contributed by atoms with Gasteiger partial charge in [-0.2, -0.15) is 9.97 Å². The molecular weight excluding hydrogens is 452 g/mol. The Balaban J connectivity index is 1.32. The number of aromatic nitrogens is 4. The molecule has 1 fully saturated rings. The number of aryl methyl sites for hydroxylation is 1. The van der Waals surface area contributed by atoms with Crippen molar-refractivity contribution in [3.8, 4) is 17.5 Å². The smallest absolute Gasteiger partial charge is 0.320 e. The molecule has 0 radical (unpaired) electrons. The molecule has 0 amide bonds. The minimum absolute atomic E-state index is 0.283. The van der Waals surface area contributed by atoms with Gasteiger partial charge < -0.3 is 25.1 Å². The zero-order valence-corrected chi connectivity index (χ0v) is 20.4. The summed E-state index contributed by atoms with van der Waals surface area (Å²) in [4.78, 5) is 13.5. The van der Waals surface area contributed by atoms with E-state index in [4.69, 9.17) is 15.2 Å². The average Bonchev–Trinajstić information content (AvgIpc) is 3.65. The average molecular weight is 483 g/mol. The molecule has 0 unspecified atom stereocenters. The van der Waals surface area contributed by atoms with Crippen molar-refractivity contribution in [3.05, 3.63) is 77.1 Å². The van der Waals surface area contributed by atoms with Crippen LogP contribution in [-0.2, 0) is 19.5 Å². The van der Waals surface area contributed by atoms with Crippen LogP contribution in [0.3, 0.4) is 0 Å². The Labute approximate surface area is 210 Å². The second kappa shape index (κ2) is 9.62. The molecule has 8 nitrogen and oxygen atoms in total. The zero-order valence-electron chi connectivity index (χ0n) is 20.4. The molecule has 8 heteroatoms. The van der Waals surface area contributed by atoms with Crippen LogP contribution in [0.4, 0.5) is 5.82 Å². The molecule has 2 aromatic heterocycles. The molecule has 0 atom stereocenters. The van der Waals surface area contributed by atoms with E-state index in [1.54, 1.807) is 0 Å². The number of ether oxygens (including phenoxy) is 2. The summed E-state index contributed by atoms with van der Waals surface area (Å²) in [7, 11) is 0. The maximum atomic E-state index is 6.40. The fourth-order valence-corrected chi connectivity index (χ4v) is 4.48. The number of fused-ring (bicyclic) bond motifs is 3. The first-order valence-corrected chi connectivity index (χ1v) is 12.5. The summed E-state index contributed by atoms with van der Waals surface area (Å²) in [6.45, 7) is 3.90. The van der Waals surface area contributed by atoms with Crippen molar-refractivity contribution in [2.45, 2.75) is 51.7 Å². The van der Waals surface area contributed by atoms with E-state index < -0.39 is 0 Å². The highest BCUT2D eigenvalue weighted by atomic mass is 16.5. The minimum atomic E-state index is 0.283. The van der Waals surface area contributed by atoms with Crippen molar-refractivity contribution in [2.24, 2.45) is 0 Å². The molecule has 1 aliphatic heterocycles. The number of allylic oxidation sites excluding steroid dienone is 1. The van der Waals surface area contributed by atoms with Gasteiger partial charge in [0.1, 0.15) is 17.3 Å². The van der Waals surface area contributed by atoms with Gasteiger partial charge in [0, 0.05) is 12.6 Å². The first kappa shape index (κ1) is 22.5. The maximum Gasteiger partial charge on any atom is 0.320 e. The van der Waals surface area contributed by atoms with Crippen molar-refractivity contribution in [3.63, 3.8) is 0 Å². The van der Waals surface area contributed by atoms with Crippen LogP contribution in [-0.4, -0.2) is 32.2 Å². The van der Waals surface area contributed by atoms with Gasteiger partial charge in [0.2, 0.25) is 0 Å². The van der Waals surface area contributed by atoms with E-state index in [1.165, 1.54) is 18.4 Å². The molecule has 0 spiro atoms. The monoisotopic (exact) mass is 482 g/mol. The first-order valence-electron chi connectivity index (χ1n) is 12.5. The van der Waals surface area contributed by atoms with E-state index in [2.05, 4.69) is 73.4 Å². The van der Waals surface area contributed by atoms with Gasteiger partial charge >= 0.3 is 6.01 Å². The van der Waals surface area contributed by atoms with Gasteiger partial charge in [-0.05, 0) is 73.6 Å². The Bertz CT molecular complexity index is 1440. The summed E-state index contributed by atoms with van der Waals surface area (Å²) in [6.07, 6.45) is 8.33. The highest BCUT2D eigenvalue weighted by molar-refractivity contribution is 5.82. The van der Waals surface area contributed by atoms with Crippen molar-refractivity contribution in [1.29, 1.82) is 0 Å². The normalized spacial score (nSPS) is 16.5. The second-order valence-corrected chi connectivity index (χ2v) is 9.47. The number of nitrogen functional groups attached to an aromatic ring is 1. The lowest BCUT2D eigenvalue weighted by molar-refractivity contribution is 0.300. The van der Waals surface area contributed by atoms with Crippen LogP contribution >= 0.6 is 0 Å². The summed E-state index contributed by atoms with van der Waals surface area (Å²) >= 11 is 0. The van der Waals surface area contributed by atoms with E-state index in [1.807, 2.05) is 13.0 Å². The molecular formula is C28H30N6O2. The van der Waals surface area contributed by atoms with Gasteiger partial charge in [0.25, 0.3) is 0 Å². The van der Waals surface area contributed by atoms with Crippen molar-refractivity contribution in [1.82, 2.24) is 24.8 Å². The number of nitrogens with zero attached hydrogens (tertiary/aromatic N) is 4. The minimum Gasteiger partial charge on any atom is -0.463 e. The molecule has 0 saturated heterocycles. The number of benzene rings is 2.